The van der Waals surface area contributed by atoms with Crippen LogP contribution in [0.4, 0.5) is 0 Å². The zero-order valence-corrected chi connectivity index (χ0v) is 12.5. The zero-order chi connectivity index (χ0) is 13.7. The van der Waals surface area contributed by atoms with Gasteiger partial charge in [0.2, 0.25) is 0 Å². The number of nitrogens with zero attached hydrogens (tertiary/aromatic N) is 1. The van der Waals surface area contributed by atoms with E-state index in [1.165, 1.54) is 11.3 Å². The van der Waals surface area contributed by atoms with Crippen LogP contribution in [0.3, 0.4) is 0 Å². The normalized spacial score (nSPS) is 16.6. The van der Waals surface area contributed by atoms with Gasteiger partial charge in [0.15, 0.2) is 0 Å². The molecule has 0 radical (unpaired) electrons. The van der Waals surface area contributed by atoms with Gasteiger partial charge in [-0.2, -0.15) is 0 Å². The van der Waals surface area contributed by atoms with Gasteiger partial charge in [-0.05, 0) is 12.8 Å². The Bertz CT molecular complexity index is 416. The topological polar surface area (TPSA) is 38.8 Å². The molecule has 0 spiro atoms. The van der Waals surface area contributed by atoms with Gasteiger partial charge in [0, 0.05) is 30.4 Å². The molecule has 0 bridgehead atoms. The molecule has 0 unspecified atom stereocenters. The molecule has 1 aromatic rings. The lowest BCUT2D eigenvalue weighted by molar-refractivity contribution is 0.0155. The third kappa shape index (κ3) is 3.84. The van der Waals surface area contributed by atoms with Crippen LogP contribution in [0.5, 0.6) is 5.75 Å². The van der Waals surface area contributed by atoms with Crippen LogP contribution in [-0.2, 0) is 4.74 Å². The van der Waals surface area contributed by atoms with E-state index in [1.54, 1.807) is 13.2 Å². The fourth-order valence-electron chi connectivity index (χ4n) is 2.13. The molecule has 0 saturated carbocycles. The van der Waals surface area contributed by atoms with Crippen LogP contribution in [0.2, 0.25) is 0 Å². The van der Waals surface area contributed by atoms with Gasteiger partial charge in [-0.25, -0.2) is 0 Å². The molecular formula is C13H18ClNO3S. The third-order valence-electron chi connectivity index (χ3n) is 3.18. The lowest BCUT2D eigenvalue weighted by atomic mass is 10.1. The summed E-state index contributed by atoms with van der Waals surface area (Å²) in [5, 5.41) is 1.85. The van der Waals surface area contributed by atoms with Gasteiger partial charge in [-0.15, -0.1) is 22.9 Å². The summed E-state index contributed by atoms with van der Waals surface area (Å²) in [4.78, 5) is 14.9. The molecule has 1 amide bonds. The summed E-state index contributed by atoms with van der Waals surface area (Å²) in [6.45, 7) is 2.07. The second-order valence-corrected chi connectivity index (χ2v) is 5.69. The number of carbonyl (C=O) groups is 1. The Labute approximate surface area is 122 Å². The smallest absolute Gasteiger partial charge is 0.264 e. The fraction of sp³-hybridized carbons (Fsp3) is 0.615. The first-order valence-corrected chi connectivity index (χ1v) is 7.75. The second-order valence-electron chi connectivity index (χ2n) is 4.40. The lowest BCUT2D eigenvalue weighted by Crippen LogP contribution is -2.40. The number of rotatable bonds is 5. The summed E-state index contributed by atoms with van der Waals surface area (Å²) in [6, 6.07) is 1.79. The number of alkyl halides is 1. The summed E-state index contributed by atoms with van der Waals surface area (Å²) in [5.74, 6) is 1.35. The van der Waals surface area contributed by atoms with Gasteiger partial charge in [0.05, 0.1) is 24.7 Å². The molecule has 106 valence electrons. The van der Waals surface area contributed by atoms with E-state index in [2.05, 4.69) is 0 Å². The number of likely N-dealkylation sites (tertiary alicyclic amines) is 1. The highest BCUT2D eigenvalue weighted by Crippen LogP contribution is 2.24. The van der Waals surface area contributed by atoms with E-state index in [1.807, 2.05) is 10.3 Å². The predicted octanol–water partition coefficient (Wildman–Crippen LogP) is 2.62. The third-order valence-corrected chi connectivity index (χ3v) is 4.23. The van der Waals surface area contributed by atoms with Gasteiger partial charge >= 0.3 is 0 Å². The van der Waals surface area contributed by atoms with E-state index in [-0.39, 0.29) is 12.0 Å². The number of methoxy groups -OCH3 is 1. The van der Waals surface area contributed by atoms with Crippen molar-refractivity contribution in [3.63, 3.8) is 0 Å². The monoisotopic (exact) mass is 303 g/mol. The van der Waals surface area contributed by atoms with E-state index in [0.717, 1.165) is 36.6 Å². The van der Waals surface area contributed by atoms with Gasteiger partial charge in [-0.3, -0.25) is 4.79 Å². The summed E-state index contributed by atoms with van der Waals surface area (Å²) >= 11 is 7.02. The number of carbonyl (C=O) groups excluding carboxylic acids is 1. The number of ether oxygens (including phenoxy) is 2. The van der Waals surface area contributed by atoms with Gasteiger partial charge < -0.3 is 14.4 Å². The Morgan fingerprint density at radius 1 is 1.53 bits per heavy atom. The Kier molecular flexibility index (Phi) is 5.48. The van der Waals surface area contributed by atoms with Crippen molar-refractivity contribution in [2.45, 2.75) is 18.9 Å². The SMILES string of the molecule is COc1csc(C(=O)N2CCC(OCCCl)CC2)c1. The summed E-state index contributed by atoms with van der Waals surface area (Å²) in [6.07, 6.45) is 2.00. The molecule has 4 nitrogen and oxygen atoms in total. The Hall–Kier alpha value is -0.780. The van der Waals surface area contributed by atoms with Crippen molar-refractivity contribution in [2.75, 3.05) is 32.7 Å². The minimum absolute atomic E-state index is 0.0871. The highest BCUT2D eigenvalue weighted by Gasteiger charge is 2.24. The van der Waals surface area contributed by atoms with Crippen LogP contribution in [0.25, 0.3) is 0 Å². The number of halogens is 1. The summed E-state index contributed by atoms with van der Waals surface area (Å²) in [5.41, 5.74) is 0. The van der Waals surface area contributed by atoms with Crippen molar-refractivity contribution >= 4 is 28.8 Å². The number of hydrogen-bond acceptors (Lipinski definition) is 4. The van der Waals surface area contributed by atoms with E-state index in [4.69, 9.17) is 21.1 Å². The molecule has 6 heteroatoms. The number of amides is 1. The van der Waals surface area contributed by atoms with Crippen LogP contribution in [-0.4, -0.2) is 49.6 Å². The highest BCUT2D eigenvalue weighted by molar-refractivity contribution is 7.12. The largest absolute Gasteiger partial charge is 0.496 e. The highest BCUT2D eigenvalue weighted by atomic mass is 35.5. The maximum absolute atomic E-state index is 12.3. The minimum Gasteiger partial charge on any atom is -0.496 e. The van der Waals surface area contributed by atoms with Crippen LogP contribution in [0.15, 0.2) is 11.4 Å². The zero-order valence-electron chi connectivity index (χ0n) is 10.9. The lowest BCUT2D eigenvalue weighted by Gasteiger charge is -2.31. The molecule has 0 N–H and O–H groups in total. The van der Waals surface area contributed by atoms with Gasteiger partial charge in [0.25, 0.3) is 5.91 Å². The Balaban J connectivity index is 1.85. The number of hydrogen-bond donors (Lipinski definition) is 0. The number of piperidine rings is 1. The molecular weight excluding hydrogens is 286 g/mol. The summed E-state index contributed by atoms with van der Waals surface area (Å²) < 4.78 is 10.7. The molecule has 1 fully saturated rings. The molecule has 2 heterocycles. The second kappa shape index (κ2) is 7.12. The maximum atomic E-state index is 12.3. The van der Waals surface area contributed by atoms with Crippen LogP contribution >= 0.6 is 22.9 Å². The van der Waals surface area contributed by atoms with Gasteiger partial charge in [-0.1, -0.05) is 0 Å². The molecule has 0 aromatic carbocycles. The molecule has 1 aliphatic heterocycles. The van der Waals surface area contributed by atoms with Crippen molar-refractivity contribution in [3.8, 4) is 5.75 Å². The Morgan fingerprint density at radius 3 is 2.84 bits per heavy atom. The van der Waals surface area contributed by atoms with E-state index in [0.29, 0.717) is 12.5 Å². The van der Waals surface area contributed by atoms with Crippen molar-refractivity contribution in [1.29, 1.82) is 0 Å². The van der Waals surface area contributed by atoms with Crippen molar-refractivity contribution in [2.24, 2.45) is 0 Å². The first-order chi connectivity index (χ1) is 9.24. The molecule has 2 rings (SSSR count). The molecule has 1 saturated heterocycles. The minimum atomic E-state index is 0.0871. The van der Waals surface area contributed by atoms with Crippen LogP contribution in [0.1, 0.15) is 22.5 Å². The van der Waals surface area contributed by atoms with E-state index < -0.39 is 0 Å². The van der Waals surface area contributed by atoms with E-state index in [9.17, 15) is 4.79 Å². The molecule has 1 aliphatic rings. The maximum Gasteiger partial charge on any atom is 0.264 e. The Morgan fingerprint density at radius 2 is 2.26 bits per heavy atom. The fourth-order valence-corrected chi connectivity index (χ4v) is 3.04. The van der Waals surface area contributed by atoms with Crippen molar-refractivity contribution in [1.82, 2.24) is 4.90 Å². The van der Waals surface area contributed by atoms with Crippen LogP contribution in [0, 0.1) is 0 Å². The molecule has 19 heavy (non-hydrogen) atoms. The first-order valence-electron chi connectivity index (χ1n) is 6.34. The number of thiophene rings is 1. The molecule has 1 aromatic heterocycles. The first kappa shape index (κ1) is 14.6. The quantitative estimate of drug-likeness (QED) is 0.785. The molecule has 0 aliphatic carbocycles. The van der Waals surface area contributed by atoms with Crippen molar-refractivity contribution < 1.29 is 14.3 Å². The standard InChI is InChI=1S/C13H18ClNO3S/c1-17-11-8-12(19-9-11)13(16)15-5-2-10(3-6-15)18-7-4-14/h8-10H,2-7H2,1H3. The summed E-state index contributed by atoms with van der Waals surface area (Å²) in [7, 11) is 1.61. The van der Waals surface area contributed by atoms with E-state index >= 15 is 0 Å². The van der Waals surface area contributed by atoms with Crippen LogP contribution < -0.4 is 4.74 Å². The average molecular weight is 304 g/mol. The molecule has 0 atom stereocenters. The van der Waals surface area contributed by atoms with Gasteiger partial charge in [0.1, 0.15) is 5.75 Å². The predicted molar refractivity (Wildman–Crippen MR) is 76.5 cm³/mol. The average Bonchev–Trinajstić information content (AvgIpc) is 2.94. The van der Waals surface area contributed by atoms with Crippen molar-refractivity contribution in [3.05, 3.63) is 16.3 Å².